The molecule has 3 aromatic heterocycles. The number of ether oxygens (including phenoxy) is 1. The summed E-state index contributed by atoms with van der Waals surface area (Å²) in [5, 5.41) is 3.12. The Labute approximate surface area is 252 Å². The predicted molar refractivity (Wildman–Crippen MR) is 149 cm³/mol. The number of sulfone groups is 1. The molecule has 15 heteroatoms. The molecular formula is C30H24F6N4O4S. The second kappa shape index (κ2) is 12.0. The van der Waals surface area contributed by atoms with Crippen LogP contribution in [0.5, 0.6) is 0 Å². The highest BCUT2D eigenvalue weighted by atomic mass is 32.2. The maximum absolute atomic E-state index is 14.3. The predicted octanol–water partition coefficient (Wildman–Crippen LogP) is 6.31. The maximum Gasteiger partial charge on any atom is 0.273 e. The van der Waals surface area contributed by atoms with Crippen LogP contribution in [0.2, 0.25) is 0 Å². The topological polar surface area (TPSA) is 111 Å². The van der Waals surface area contributed by atoms with Gasteiger partial charge in [0.05, 0.1) is 52.9 Å². The van der Waals surface area contributed by atoms with Gasteiger partial charge in [0.2, 0.25) is 15.3 Å². The first-order chi connectivity index (χ1) is 21.4. The fraction of sp³-hybridized carbons (Fsp3) is 0.333. The summed E-state index contributed by atoms with van der Waals surface area (Å²) < 4.78 is 113. The molecule has 2 atom stereocenters. The van der Waals surface area contributed by atoms with Gasteiger partial charge in [-0.25, -0.2) is 39.7 Å². The van der Waals surface area contributed by atoms with Gasteiger partial charge in [0.15, 0.2) is 6.17 Å². The van der Waals surface area contributed by atoms with Gasteiger partial charge < -0.3 is 10.1 Å². The highest BCUT2D eigenvalue weighted by molar-refractivity contribution is 7.92. The normalized spacial score (nSPS) is 18.5. The number of nitrogens with zero attached hydrogens (tertiary/aromatic N) is 3. The second-order valence-electron chi connectivity index (χ2n) is 10.7. The van der Waals surface area contributed by atoms with Crippen molar-refractivity contribution in [1.29, 1.82) is 0 Å². The molecule has 0 spiro atoms. The summed E-state index contributed by atoms with van der Waals surface area (Å²) in [5.74, 6) is -0.995. The third kappa shape index (κ3) is 6.10. The Balaban J connectivity index is 1.25. The minimum absolute atomic E-state index is 0.0972. The minimum atomic E-state index is -4.69. The quantitative estimate of drug-likeness (QED) is 0.223. The molecule has 8 nitrogen and oxygen atoms in total. The van der Waals surface area contributed by atoms with Crippen molar-refractivity contribution in [3.05, 3.63) is 82.3 Å². The SMILES string of the molecule is O=C(NCc1cc2nc(-c3ccc([C@H](F)C(F)F)c(C4CC4)n3)ccc2cn1)c1cc(C(F)F)c2c(c1)S(=O)(=O)[C@@H](F)COC2. The molecule has 4 aromatic rings. The molecule has 1 aromatic carbocycles. The number of hydrogen-bond acceptors (Lipinski definition) is 7. The number of hydrogen-bond donors (Lipinski definition) is 1. The molecule has 45 heavy (non-hydrogen) atoms. The Bertz CT molecular complexity index is 1910. The first kappa shape index (κ1) is 30.9. The molecule has 0 saturated heterocycles. The number of alkyl halides is 6. The monoisotopic (exact) mass is 650 g/mol. The van der Waals surface area contributed by atoms with Gasteiger partial charge in [0.25, 0.3) is 18.8 Å². The molecule has 4 heterocycles. The molecule has 0 bridgehead atoms. The molecule has 1 aliphatic heterocycles. The van der Waals surface area contributed by atoms with Gasteiger partial charge in [0.1, 0.15) is 0 Å². The van der Waals surface area contributed by atoms with Gasteiger partial charge in [-0.1, -0.05) is 6.07 Å². The Morgan fingerprint density at radius 1 is 0.978 bits per heavy atom. The number of benzene rings is 1. The van der Waals surface area contributed by atoms with E-state index in [0.29, 0.717) is 28.0 Å². The zero-order valence-corrected chi connectivity index (χ0v) is 24.0. The molecule has 1 N–H and O–H groups in total. The van der Waals surface area contributed by atoms with Crippen LogP contribution in [0, 0.1) is 0 Å². The first-order valence-electron chi connectivity index (χ1n) is 13.8. The fourth-order valence-corrected chi connectivity index (χ4v) is 6.50. The molecule has 0 radical (unpaired) electrons. The average molecular weight is 651 g/mol. The van der Waals surface area contributed by atoms with Crippen molar-refractivity contribution in [2.75, 3.05) is 6.61 Å². The average Bonchev–Trinajstić information content (AvgIpc) is 3.88. The van der Waals surface area contributed by atoms with Crippen LogP contribution < -0.4 is 5.32 Å². The lowest BCUT2D eigenvalue weighted by Crippen LogP contribution is -2.25. The van der Waals surface area contributed by atoms with Crippen molar-refractivity contribution in [2.24, 2.45) is 0 Å². The zero-order valence-electron chi connectivity index (χ0n) is 23.2. The number of pyridine rings is 3. The van der Waals surface area contributed by atoms with Crippen molar-refractivity contribution in [1.82, 2.24) is 20.3 Å². The van der Waals surface area contributed by atoms with E-state index in [1.807, 2.05) is 0 Å². The van der Waals surface area contributed by atoms with Crippen LogP contribution in [0.3, 0.4) is 0 Å². The van der Waals surface area contributed by atoms with E-state index >= 15 is 0 Å². The van der Waals surface area contributed by atoms with Crippen LogP contribution in [0.15, 0.2) is 53.6 Å². The van der Waals surface area contributed by atoms with Crippen molar-refractivity contribution in [2.45, 2.75) is 61.3 Å². The van der Waals surface area contributed by atoms with E-state index in [9.17, 15) is 39.6 Å². The number of fused-ring (bicyclic) bond motifs is 2. The van der Waals surface area contributed by atoms with Crippen LogP contribution in [0.25, 0.3) is 22.3 Å². The molecule has 6 rings (SSSR count). The number of halogens is 6. The standard InChI is InChI=1S/C30H24F6N4O4S/c31-25-13-44-12-20-19(28(33)34)7-16(8-24(20)45(25,42)43)30(41)38-11-17-9-23-15(10-37-17)3-5-21(39-23)22-6-4-18(26(32)29(35)36)27(40-22)14-1-2-14/h3-10,14,25-26,28-29H,1-2,11-13H2,(H,38,41)/t25-,26+/m1/s1. The summed E-state index contributed by atoms with van der Waals surface area (Å²) in [6.07, 6.45) is -5.84. The van der Waals surface area contributed by atoms with Crippen LogP contribution in [-0.2, 0) is 27.7 Å². The van der Waals surface area contributed by atoms with Gasteiger partial charge in [-0.3, -0.25) is 14.8 Å². The van der Waals surface area contributed by atoms with E-state index in [1.54, 1.807) is 18.2 Å². The molecule has 1 amide bonds. The van der Waals surface area contributed by atoms with Gasteiger partial charge in [-0.2, -0.15) is 0 Å². The molecule has 1 fully saturated rings. The number of nitrogens with one attached hydrogen (secondary N) is 1. The van der Waals surface area contributed by atoms with Gasteiger partial charge in [-0.15, -0.1) is 0 Å². The lowest BCUT2D eigenvalue weighted by Gasteiger charge is -2.15. The van der Waals surface area contributed by atoms with E-state index in [-0.39, 0.29) is 23.7 Å². The van der Waals surface area contributed by atoms with Gasteiger partial charge in [0, 0.05) is 39.8 Å². The molecule has 236 valence electrons. The first-order valence-corrected chi connectivity index (χ1v) is 15.4. The number of rotatable bonds is 8. The summed E-state index contributed by atoms with van der Waals surface area (Å²) in [5.41, 5.74) is -2.37. The molecule has 2 aliphatic rings. The third-order valence-corrected chi connectivity index (χ3v) is 9.43. The van der Waals surface area contributed by atoms with E-state index in [2.05, 4.69) is 20.3 Å². The Hall–Kier alpha value is -4.11. The van der Waals surface area contributed by atoms with E-state index in [0.717, 1.165) is 25.0 Å². The lowest BCUT2D eigenvalue weighted by molar-refractivity contribution is 0.0488. The largest absolute Gasteiger partial charge is 0.373 e. The molecule has 1 saturated carbocycles. The van der Waals surface area contributed by atoms with Crippen molar-refractivity contribution < 1.29 is 44.3 Å². The maximum atomic E-state index is 14.3. The summed E-state index contributed by atoms with van der Waals surface area (Å²) >= 11 is 0. The van der Waals surface area contributed by atoms with Gasteiger partial charge >= 0.3 is 0 Å². The fourth-order valence-electron chi connectivity index (χ4n) is 5.13. The van der Waals surface area contributed by atoms with Crippen LogP contribution >= 0.6 is 0 Å². The number of carbonyl (C=O) groups excluding carboxylic acids is 1. The summed E-state index contributed by atoms with van der Waals surface area (Å²) in [6.45, 7) is -1.59. The van der Waals surface area contributed by atoms with Crippen LogP contribution in [0.1, 0.15) is 69.8 Å². The molecular weight excluding hydrogens is 626 g/mol. The lowest BCUT2D eigenvalue weighted by atomic mass is 10.0. The van der Waals surface area contributed by atoms with Crippen molar-refractivity contribution in [3.8, 4) is 11.4 Å². The smallest absolute Gasteiger partial charge is 0.273 e. The highest BCUT2D eigenvalue weighted by Gasteiger charge is 2.36. The summed E-state index contributed by atoms with van der Waals surface area (Å²) in [7, 11) is -4.69. The minimum Gasteiger partial charge on any atom is -0.373 e. The Morgan fingerprint density at radius 3 is 2.42 bits per heavy atom. The molecule has 0 unspecified atom stereocenters. The third-order valence-electron chi connectivity index (χ3n) is 7.64. The van der Waals surface area contributed by atoms with E-state index in [4.69, 9.17) is 4.74 Å². The zero-order chi connectivity index (χ0) is 32.0. The van der Waals surface area contributed by atoms with Crippen molar-refractivity contribution >= 4 is 26.6 Å². The van der Waals surface area contributed by atoms with E-state index < -0.39 is 75.1 Å². The van der Waals surface area contributed by atoms with Crippen molar-refractivity contribution in [3.63, 3.8) is 0 Å². The number of carbonyl (C=O) groups is 1. The van der Waals surface area contributed by atoms with Crippen LogP contribution in [0.4, 0.5) is 26.3 Å². The molecule has 1 aliphatic carbocycles. The second-order valence-corrected chi connectivity index (χ2v) is 12.8. The van der Waals surface area contributed by atoms with Crippen LogP contribution in [-0.4, -0.2) is 47.8 Å². The summed E-state index contributed by atoms with van der Waals surface area (Å²) in [6, 6.07) is 9.36. The van der Waals surface area contributed by atoms with Gasteiger partial charge in [-0.05, 0) is 49.2 Å². The Morgan fingerprint density at radius 2 is 1.71 bits per heavy atom. The summed E-state index contributed by atoms with van der Waals surface area (Å²) in [4.78, 5) is 25.6. The van der Waals surface area contributed by atoms with E-state index in [1.165, 1.54) is 18.3 Å². The number of aromatic nitrogens is 3. The highest BCUT2D eigenvalue weighted by Crippen LogP contribution is 2.44. The number of amides is 1. The Kier molecular flexibility index (Phi) is 8.24.